The summed E-state index contributed by atoms with van der Waals surface area (Å²) in [5, 5.41) is 11.1. The van der Waals surface area contributed by atoms with Crippen LogP contribution in [0.15, 0.2) is 57.8 Å². The van der Waals surface area contributed by atoms with Crippen LogP contribution in [-0.2, 0) is 15.8 Å². The first-order valence-electron chi connectivity index (χ1n) is 10.0. The van der Waals surface area contributed by atoms with E-state index >= 15 is 0 Å². The zero-order valence-corrected chi connectivity index (χ0v) is 19.5. The van der Waals surface area contributed by atoms with Crippen LogP contribution in [0.25, 0.3) is 0 Å². The monoisotopic (exact) mass is 492 g/mol. The molecule has 1 aliphatic heterocycles. The summed E-state index contributed by atoms with van der Waals surface area (Å²) in [6.45, 7) is 1.06. The number of halogens is 1. The third-order valence-corrected chi connectivity index (χ3v) is 8.93. The van der Waals surface area contributed by atoms with Gasteiger partial charge in [-0.05, 0) is 54.8 Å². The minimum Gasteiger partial charge on any atom is -0.296 e. The van der Waals surface area contributed by atoms with Gasteiger partial charge >= 0.3 is 0 Å². The highest BCUT2D eigenvalue weighted by Gasteiger charge is 2.26. The number of anilines is 1. The van der Waals surface area contributed by atoms with Crippen LogP contribution in [0.3, 0.4) is 0 Å². The predicted octanol–water partition coefficient (Wildman–Crippen LogP) is 4.40. The van der Waals surface area contributed by atoms with Gasteiger partial charge in [-0.15, -0.1) is 10.2 Å². The normalized spacial score (nSPS) is 14.9. The number of nitrogens with one attached hydrogen (secondary N) is 1. The van der Waals surface area contributed by atoms with Gasteiger partial charge in [0.15, 0.2) is 4.34 Å². The Morgan fingerprint density at radius 2 is 1.72 bits per heavy atom. The fourth-order valence-electron chi connectivity index (χ4n) is 3.25. The van der Waals surface area contributed by atoms with Gasteiger partial charge in [0.2, 0.25) is 15.2 Å². The lowest BCUT2D eigenvalue weighted by Gasteiger charge is -2.25. The molecule has 32 heavy (non-hydrogen) atoms. The second kappa shape index (κ2) is 10.1. The number of carbonyl (C=O) groups excluding carboxylic acids is 1. The van der Waals surface area contributed by atoms with E-state index in [9.17, 15) is 17.6 Å². The van der Waals surface area contributed by atoms with Crippen molar-refractivity contribution in [3.05, 3.63) is 65.5 Å². The van der Waals surface area contributed by atoms with Gasteiger partial charge in [-0.3, -0.25) is 10.1 Å². The lowest BCUT2D eigenvalue weighted by molar-refractivity contribution is 0.102. The molecule has 0 radical (unpaired) electrons. The molecule has 2 aromatic carbocycles. The summed E-state index contributed by atoms with van der Waals surface area (Å²) in [7, 11) is -3.53. The summed E-state index contributed by atoms with van der Waals surface area (Å²) >= 11 is 2.68. The van der Waals surface area contributed by atoms with Gasteiger partial charge in [0.25, 0.3) is 5.91 Å². The van der Waals surface area contributed by atoms with Gasteiger partial charge in [0.1, 0.15) is 5.82 Å². The number of rotatable bonds is 7. The lowest BCUT2D eigenvalue weighted by Crippen LogP contribution is -2.35. The molecule has 1 saturated heterocycles. The van der Waals surface area contributed by atoms with Gasteiger partial charge in [-0.25, -0.2) is 12.8 Å². The van der Waals surface area contributed by atoms with Gasteiger partial charge in [0, 0.05) is 24.4 Å². The minimum atomic E-state index is -3.53. The van der Waals surface area contributed by atoms with E-state index in [1.54, 1.807) is 12.1 Å². The zero-order chi connectivity index (χ0) is 22.6. The Balaban J connectivity index is 1.35. The Kier molecular flexibility index (Phi) is 7.19. The highest BCUT2D eigenvalue weighted by atomic mass is 32.2. The molecule has 0 bridgehead atoms. The molecule has 0 saturated carbocycles. The molecule has 168 valence electrons. The van der Waals surface area contributed by atoms with Crippen molar-refractivity contribution < 1.29 is 17.6 Å². The van der Waals surface area contributed by atoms with Crippen molar-refractivity contribution in [1.82, 2.24) is 14.5 Å². The Bertz CT molecular complexity index is 1180. The molecule has 0 spiro atoms. The van der Waals surface area contributed by atoms with E-state index < -0.39 is 15.9 Å². The number of hydrogen-bond acceptors (Lipinski definition) is 7. The lowest BCUT2D eigenvalue weighted by atomic mass is 10.2. The van der Waals surface area contributed by atoms with E-state index in [2.05, 4.69) is 15.5 Å². The molecule has 0 aliphatic carbocycles. The highest BCUT2D eigenvalue weighted by Crippen LogP contribution is 2.29. The standard InChI is InChI=1S/C21H21FN4O3S3/c22-17-8-4-15(5-9-17)14-30-21-25-24-20(31-21)23-19(27)16-6-10-18(11-7-16)32(28,29)26-12-2-1-3-13-26/h4-11H,1-3,12-14H2,(H,23,24,27). The summed E-state index contributed by atoms with van der Waals surface area (Å²) in [5.41, 5.74) is 1.29. The molecule has 0 unspecified atom stereocenters. The van der Waals surface area contributed by atoms with Crippen LogP contribution in [0.5, 0.6) is 0 Å². The van der Waals surface area contributed by atoms with Crippen LogP contribution in [0.1, 0.15) is 35.2 Å². The summed E-state index contributed by atoms with van der Waals surface area (Å²) < 4.78 is 40.6. The number of aromatic nitrogens is 2. The molecular weight excluding hydrogens is 471 g/mol. The number of hydrogen-bond donors (Lipinski definition) is 1. The fourth-order valence-corrected chi connectivity index (χ4v) is 6.47. The third-order valence-electron chi connectivity index (χ3n) is 4.97. The number of benzene rings is 2. The maximum absolute atomic E-state index is 13.0. The smallest absolute Gasteiger partial charge is 0.257 e. The molecule has 0 atom stereocenters. The van der Waals surface area contributed by atoms with E-state index in [1.165, 1.54) is 63.8 Å². The molecule has 1 N–H and O–H groups in total. The Labute approximate surface area is 194 Å². The van der Waals surface area contributed by atoms with E-state index in [4.69, 9.17) is 0 Å². The zero-order valence-electron chi connectivity index (χ0n) is 17.0. The molecule has 11 heteroatoms. The molecule has 2 heterocycles. The largest absolute Gasteiger partial charge is 0.296 e. The Morgan fingerprint density at radius 3 is 2.41 bits per heavy atom. The first kappa shape index (κ1) is 22.8. The number of carbonyl (C=O) groups is 1. The second-order valence-corrected chi connectivity index (χ2v) is 11.4. The summed E-state index contributed by atoms with van der Waals surface area (Å²) in [6.07, 6.45) is 2.78. The molecule has 1 aromatic heterocycles. The number of sulfonamides is 1. The predicted molar refractivity (Wildman–Crippen MR) is 123 cm³/mol. The third kappa shape index (κ3) is 5.52. The highest BCUT2D eigenvalue weighted by molar-refractivity contribution is 8.00. The van der Waals surface area contributed by atoms with Crippen molar-refractivity contribution in [2.75, 3.05) is 18.4 Å². The number of amides is 1. The average Bonchev–Trinajstić information content (AvgIpc) is 3.26. The SMILES string of the molecule is O=C(Nc1nnc(SCc2ccc(F)cc2)s1)c1ccc(S(=O)(=O)N2CCCCC2)cc1. The second-order valence-electron chi connectivity index (χ2n) is 7.23. The minimum absolute atomic E-state index is 0.186. The van der Waals surface area contributed by atoms with Crippen LogP contribution in [0.2, 0.25) is 0 Å². The maximum atomic E-state index is 13.0. The van der Waals surface area contributed by atoms with Gasteiger partial charge in [-0.2, -0.15) is 4.31 Å². The number of nitrogens with zero attached hydrogens (tertiary/aromatic N) is 3. The average molecular weight is 493 g/mol. The molecule has 4 rings (SSSR count). The topological polar surface area (TPSA) is 92.3 Å². The van der Waals surface area contributed by atoms with Crippen LogP contribution < -0.4 is 5.32 Å². The molecule has 1 amide bonds. The molecule has 3 aromatic rings. The maximum Gasteiger partial charge on any atom is 0.257 e. The Hall–Kier alpha value is -2.34. The Morgan fingerprint density at radius 1 is 1.03 bits per heavy atom. The van der Waals surface area contributed by atoms with Crippen LogP contribution in [0, 0.1) is 5.82 Å². The summed E-state index contributed by atoms with van der Waals surface area (Å²) in [6, 6.07) is 12.2. The van der Waals surface area contributed by atoms with Crippen molar-refractivity contribution in [2.24, 2.45) is 0 Å². The van der Waals surface area contributed by atoms with Crippen LogP contribution in [0.4, 0.5) is 9.52 Å². The first-order valence-corrected chi connectivity index (χ1v) is 13.3. The van der Waals surface area contributed by atoms with E-state index in [1.807, 2.05) is 0 Å². The quantitative estimate of drug-likeness (QED) is 0.388. The summed E-state index contributed by atoms with van der Waals surface area (Å²) in [5.74, 6) is -0.0644. The van der Waals surface area contributed by atoms with Crippen LogP contribution in [-0.4, -0.2) is 41.9 Å². The van der Waals surface area contributed by atoms with Gasteiger partial charge in [-0.1, -0.05) is 41.7 Å². The fraction of sp³-hybridized carbons (Fsp3) is 0.286. The number of piperidine rings is 1. The van der Waals surface area contributed by atoms with Gasteiger partial charge < -0.3 is 0 Å². The summed E-state index contributed by atoms with van der Waals surface area (Å²) in [4.78, 5) is 12.7. The van der Waals surface area contributed by atoms with E-state index in [0.29, 0.717) is 33.9 Å². The van der Waals surface area contributed by atoms with Crippen molar-refractivity contribution in [3.8, 4) is 0 Å². The van der Waals surface area contributed by atoms with E-state index in [0.717, 1.165) is 24.8 Å². The van der Waals surface area contributed by atoms with Crippen molar-refractivity contribution in [3.63, 3.8) is 0 Å². The molecule has 7 nitrogen and oxygen atoms in total. The van der Waals surface area contributed by atoms with Crippen LogP contribution >= 0.6 is 23.1 Å². The number of thioether (sulfide) groups is 1. The van der Waals surface area contributed by atoms with E-state index in [-0.39, 0.29) is 10.7 Å². The molecular formula is C21H21FN4O3S3. The first-order chi connectivity index (χ1) is 15.4. The molecule has 1 fully saturated rings. The van der Waals surface area contributed by atoms with Gasteiger partial charge in [0.05, 0.1) is 4.90 Å². The molecule has 1 aliphatic rings. The van der Waals surface area contributed by atoms with Crippen molar-refractivity contribution >= 4 is 44.2 Å². The van der Waals surface area contributed by atoms with Crippen molar-refractivity contribution in [1.29, 1.82) is 0 Å². The van der Waals surface area contributed by atoms with Crippen molar-refractivity contribution in [2.45, 2.75) is 34.3 Å².